The number of hydrogen-bond donors (Lipinski definition) is 3. The Bertz CT molecular complexity index is 744. The van der Waals surface area contributed by atoms with Crippen molar-refractivity contribution >= 4 is 11.9 Å². The highest BCUT2D eigenvalue weighted by molar-refractivity contribution is 5.89. The van der Waals surface area contributed by atoms with E-state index in [1.165, 1.54) is 5.56 Å². The van der Waals surface area contributed by atoms with E-state index in [9.17, 15) is 4.79 Å². The maximum absolute atomic E-state index is 11.1. The molecule has 132 valence electrons. The molecule has 1 atom stereocenters. The fourth-order valence-electron chi connectivity index (χ4n) is 2.67. The Balaban J connectivity index is 1.55. The van der Waals surface area contributed by atoms with Crippen molar-refractivity contribution in [1.29, 1.82) is 0 Å². The van der Waals surface area contributed by atoms with E-state index in [1.54, 1.807) is 12.1 Å². The van der Waals surface area contributed by atoms with Crippen LogP contribution in [0.4, 0.5) is 0 Å². The quantitative estimate of drug-likeness (QED) is 0.544. The average Bonchev–Trinajstić information content (AvgIpc) is 3.23. The minimum absolute atomic E-state index is 0.0753. The normalized spacial score (nSPS) is 16.2. The second-order valence-electron chi connectivity index (χ2n) is 5.76. The minimum Gasteiger partial charge on any atom is -0.488 e. The molecular weight excluding hydrogens is 320 g/mol. The zero-order chi connectivity index (χ0) is 17.6. The summed E-state index contributed by atoms with van der Waals surface area (Å²) in [5.74, 6) is 1.75. The van der Waals surface area contributed by atoms with Crippen molar-refractivity contribution in [2.24, 2.45) is 10.7 Å². The predicted molar refractivity (Wildman–Crippen MR) is 94.6 cm³/mol. The van der Waals surface area contributed by atoms with E-state index in [1.807, 2.05) is 25.1 Å². The molecule has 0 saturated heterocycles. The second-order valence-corrected chi connectivity index (χ2v) is 5.76. The Kier molecular flexibility index (Phi) is 5.23. The first kappa shape index (κ1) is 16.9. The lowest BCUT2D eigenvalue weighted by atomic mass is 10.1. The zero-order valence-corrected chi connectivity index (χ0v) is 14.1. The van der Waals surface area contributed by atoms with Gasteiger partial charge in [0.25, 0.3) is 5.91 Å². The first-order valence-corrected chi connectivity index (χ1v) is 8.31. The topological polar surface area (TPSA) is 102 Å². The summed E-state index contributed by atoms with van der Waals surface area (Å²) < 4.78 is 11.2. The van der Waals surface area contributed by atoms with Crippen LogP contribution in [0, 0.1) is 0 Å². The molecule has 3 rings (SSSR count). The molecule has 4 N–H and O–H groups in total. The number of ether oxygens (including phenoxy) is 1. The molecule has 0 fully saturated rings. The highest BCUT2D eigenvalue weighted by Crippen LogP contribution is 2.27. The van der Waals surface area contributed by atoms with E-state index in [-0.39, 0.29) is 11.9 Å². The first-order valence-electron chi connectivity index (χ1n) is 8.31. The Morgan fingerprint density at radius 3 is 2.84 bits per heavy atom. The molecule has 0 saturated carbocycles. The number of nitrogens with one attached hydrogen (secondary N) is 2. The number of amides is 1. The maximum atomic E-state index is 11.1. The molecule has 1 aromatic carbocycles. The van der Waals surface area contributed by atoms with Crippen molar-refractivity contribution in [3.8, 4) is 5.75 Å². The van der Waals surface area contributed by atoms with Crippen LogP contribution in [-0.4, -0.2) is 31.1 Å². The van der Waals surface area contributed by atoms with Crippen molar-refractivity contribution < 1.29 is 13.9 Å². The van der Waals surface area contributed by atoms with E-state index in [2.05, 4.69) is 21.7 Å². The van der Waals surface area contributed by atoms with Crippen molar-refractivity contribution in [3.05, 3.63) is 53.5 Å². The number of nitrogens with zero attached hydrogens (tertiary/aromatic N) is 1. The van der Waals surface area contributed by atoms with Gasteiger partial charge in [-0.15, -0.1) is 0 Å². The third-order valence-corrected chi connectivity index (χ3v) is 3.85. The number of primary amides is 1. The Hall–Kier alpha value is -2.96. The van der Waals surface area contributed by atoms with Gasteiger partial charge in [-0.2, -0.15) is 0 Å². The molecule has 0 aliphatic carbocycles. The van der Waals surface area contributed by atoms with Gasteiger partial charge in [0, 0.05) is 13.0 Å². The van der Waals surface area contributed by atoms with E-state index in [4.69, 9.17) is 14.9 Å². The Morgan fingerprint density at radius 2 is 2.12 bits per heavy atom. The van der Waals surface area contributed by atoms with Crippen LogP contribution in [0.3, 0.4) is 0 Å². The lowest BCUT2D eigenvalue weighted by molar-refractivity contribution is 0.0972. The molecule has 1 unspecified atom stereocenters. The van der Waals surface area contributed by atoms with Crippen molar-refractivity contribution in [1.82, 2.24) is 10.6 Å². The standard InChI is InChI=1S/C18H22N4O3/c1-2-20-18(21-10-13-7-8-16(24-13)17(19)23)22-11-14-9-12-5-3-4-6-15(12)25-14/h3-8,14H,2,9-11H2,1H3,(H2,19,23)(H2,20,21,22). The van der Waals surface area contributed by atoms with Crippen LogP contribution in [0.1, 0.15) is 28.8 Å². The van der Waals surface area contributed by atoms with Gasteiger partial charge in [-0.05, 0) is 30.7 Å². The van der Waals surface area contributed by atoms with Gasteiger partial charge in [-0.25, -0.2) is 4.99 Å². The fraction of sp³-hybridized carbons (Fsp3) is 0.333. The van der Waals surface area contributed by atoms with Crippen LogP contribution in [0.15, 0.2) is 45.8 Å². The number of furan rings is 1. The van der Waals surface area contributed by atoms with Gasteiger partial charge in [0.1, 0.15) is 24.2 Å². The summed E-state index contributed by atoms with van der Waals surface area (Å²) in [6.45, 7) is 3.69. The van der Waals surface area contributed by atoms with Gasteiger partial charge < -0.3 is 25.5 Å². The summed E-state index contributed by atoms with van der Waals surface area (Å²) in [4.78, 5) is 15.5. The molecule has 0 radical (unpaired) electrons. The van der Waals surface area contributed by atoms with E-state index < -0.39 is 5.91 Å². The Labute approximate surface area is 146 Å². The van der Waals surface area contributed by atoms with Crippen LogP contribution in [0.25, 0.3) is 0 Å². The number of aliphatic imine (C=N–C) groups is 1. The number of para-hydroxylation sites is 1. The summed E-state index contributed by atoms with van der Waals surface area (Å²) in [5.41, 5.74) is 6.40. The lowest BCUT2D eigenvalue weighted by Crippen LogP contribution is -2.42. The van der Waals surface area contributed by atoms with E-state index >= 15 is 0 Å². The van der Waals surface area contributed by atoms with Crippen molar-refractivity contribution in [2.75, 3.05) is 13.1 Å². The van der Waals surface area contributed by atoms with Gasteiger partial charge in [-0.3, -0.25) is 4.79 Å². The number of rotatable bonds is 6. The maximum Gasteiger partial charge on any atom is 0.284 e. The molecule has 0 spiro atoms. The molecule has 2 aromatic rings. The third-order valence-electron chi connectivity index (χ3n) is 3.85. The summed E-state index contributed by atoms with van der Waals surface area (Å²) in [7, 11) is 0. The summed E-state index contributed by atoms with van der Waals surface area (Å²) in [6, 6.07) is 11.3. The molecule has 1 amide bonds. The zero-order valence-electron chi connectivity index (χ0n) is 14.1. The van der Waals surface area contributed by atoms with Crippen molar-refractivity contribution in [2.45, 2.75) is 26.0 Å². The fourth-order valence-corrected chi connectivity index (χ4v) is 2.67. The molecule has 25 heavy (non-hydrogen) atoms. The number of nitrogens with two attached hydrogens (primary N) is 1. The number of benzene rings is 1. The van der Waals surface area contributed by atoms with Gasteiger partial charge in [-0.1, -0.05) is 18.2 Å². The van der Waals surface area contributed by atoms with Crippen molar-refractivity contribution in [3.63, 3.8) is 0 Å². The summed E-state index contributed by atoms with van der Waals surface area (Å²) in [5, 5.41) is 6.46. The van der Waals surface area contributed by atoms with Gasteiger partial charge in [0.2, 0.25) is 0 Å². The Morgan fingerprint density at radius 1 is 1.28 bits per heavy atom. The highest BCUT2D eigenvalue weighted by Gasteiger charge is 2.22. The number of hydrogen-bond acceptors (Lipinski definition) is 4. The second kappa shape index (κ2) is 7.74. The molecule has 0 bridgehead atoms. The number of guanidine groups is 1. The number of carbonyl (C=O) groups excluding carboxylic acids is 1. The minimum atomic E-state index is -0.585. The van der Waals surface area contributed by atoms with Crippen LogP contribution >= 0.6 is 0 Å². The monoisotopic (exact) mass is 342 g/mol. The third kappa shape index (κ3) is 4.32. The van der Waals surface area contributed by atoms with Gasteiger partial charge in [0.15, 0.2) is 11.7 Å². The van der Waals surface area contributed by atoms with E-state index in [0.29, 0.717) is 24.8 Å². The molecule has 1 aromatic heterocycles. The SMILES string of the molecule is CCNC(=NCc1ccc(C(N)=O)o1)NCC1Cc2ccccc2O1. The van der Waals surface area contributed by atoms with Gasteiger partial charge in [0.05, 0.1) is 6.54 Å². The summed E-state index contributed by atoms with van der Waals surface area (Å²) in [6.07, 6.45) is 0.953. The summed E-state index contributed by atoms with van der Waals surface area (Å²) >= 11 is 0. The number of carbonyl (C=O) groups is 1. The number of fused-ring (bicyclic) bond motifs is 1. The largest absolute Gasteiger partial charge is 0.488 e. The molecule has 2 heterocycles. The predicted octanol–water partition coefficient (Wildman–Crippen LogP) is 1.44. The smallest absolute Gasteiger partial charge is 0.284 e. The molecule has 7 heteroatoms. The molecular formula is C18H22N4O3. The first-order chi connectivity index (χ1) is 12.2. The average molecular weight is 342 g/mol. The van der Waals surface area contributed by atoms with Crippen LogP contribution in [-0.2, 0) is 13.0 Å². The van der Waals surface area contributed by atoms with E-state index in [0.717, 1.165) is 18.7 Å². The van der Waals surface area contributed by atoms with Crippen LogP contribution in [0.5, 0.6) is 5.75 Å². The molecule has 7 nitrogen and oxygen atoms in total. The highest BCUT2D eigenvalue weighted by atomic mass is 16.5. The van der Waals surface area contributed by atoms with Crippen LogP contribution in [0.2, 0.25) is 0 Å². The lowest BCUT2D eigenvalue weighted by Gasteiger charge is -2.15. The van der Waals surface area contributed by atoms with Gasteiger partial charge >= 0.3 is 0 Å². The van der Waals surface area contributed by atoms with Crippen LogP contribution < -0.4 is 21.1 Å². The molecule has 1 aliphatic heterocycles. The molecule has 1 aliphatic rings.